The molecule has 0 saturated carbocycles. The summed E-state index contributed by atoms with van der Waals surface area (Å²) >= 11 is 0. The van der Waals surface area contributed by atoms with Crippen molar-refractivity contribution >= 4 is 27.2 Å². The molecular formula is C21H23N3O3S. The maximum absolute atomic E-state index is 12.8. The van der Waals surface area contributed by atoms with Crippen LogP contribution in [0.15, 0.2) is 59.6 Å². The van der Waals surface area contributed by atoms with E-state index >= 15 is 0 Å². The molecule has 1 heterocycles. The Morgan fingerprint density at radius 1 is 0.893 bits per heavy atom. The van der Waals surface area contributed by atoms with Crippen LogP contribution >= 0.6 is 0 Å². The van der Waals surface area contributed by atoms with E-state index in [0.29, 0.717) is 16.4 Å². The molecule has 1 aromatic heterocycles. The molecule has 0 saturated heterocycles. The summed E-state index contributed by atoms with van der Waals surface area (Å²) in [4.78, 5) is 4.59. The molecule has 0 radical (unpaired) electrons. The van der Waals surface area contributed by atoms with Gasteiger partial charge in [-0.2, -0.15) is 0 Å². The van der Waals surface area contributed by atoms with E-state index in [9.17, 15) is 8.42 Å². The number of benzene rings is 2. The third-order valence-electron chi connectivity index (χ3n) is 4.25. The molecule has 3 rings (SSSR count). The summed E-state index contributed by atoms with van der Waals surface area (Å²) in [5.41, 5.74) is 3.73. The van der Waals surface area contributed by atoms with Crippen LogP contribution in [0.1, 0.15) is 16.7 Å². The van der Waals surface area contributed by atoms with Crippen LogP contribution in [0.25, 0.3) is 0 Å². The van der Waals surface area contributed by atoms with Crippen LogP contribution in [0.5, 0.6) is 5.75 Å². The van der Waals surface area contributed by atoms with Crippen molar-refractivity contribution in [2.24, 2.45) is 0 Å². The summed E-state index contributed by atoms with van der Waals surface area (Å²) in [6.45, 7) is 5.55. The molecule has 0 amide bonds. The third kappa shape index (κ3) is 4.43. The van der Waals surface area contributed by atoms with Crippen LogP contribution in [0, 0.1) is 20.8 Å². The summed E-state index contributed by atoms with van der Waals surface area (Å²) in [6, 6.07) is 14.6. The zero-order chi connectivity index (χ0) is 20.3. The van der Waals surface area contributed by atoms with E-state index in [2.05, 4.69) is 15.0 Å². The first-order chi connectivity index (χ1) is 13.3. The minimum atomic E-state index is -3.70. The highest BCUT2D eigenvalue weighted by Gasteiger charge is 2.20. The van der Waals surface area contributed by atoms with Gasteiger partial charge in [-0.15, -0.1) is 0 Å². The minimum absolute atomic E-state index is 0.304. The number of rotatable bonds is 6. The lowest BCUT2D eigenvalue weighted by Crippen LogP contribution is -2.16. The highest BCUT2D eigenvalue weighted by molar-refractivity contribution is 7.92. The Bertz CT molecular complexity index is 1050. The SMILES string of the molecule is COc1ccc(Nc2ccc(NS(=O)(=O)c3c(C)cc(C)cc3C)cn2)cc1. The lowest BCUT2D eigenvalue weighted by Gasteiger charge is -2.14. The molecule has 3 aromatic rings. The Hall–Kier alpha value is -3.06. The van der Waals surface area contributed by atoms with Crippen LogP contribution in [0.3, 0.4) is 0 Å². The first-order valence-corrected chi connectivity index (χ1v) is 10.2. The van der Waals surface area contributed by atoms with Crippen LogP contribution in [-0.2, 0) is 10.0 Å². The number of aryl methyl sites for hydroxylation is 3. The quantitative estimate of drug-likeness (QED) is 0.637. The average Bonchev–Trinajstić information content (AvgIpc) is 2.62. The maximum Gasteiger partial charge on any atom is 0.262 e. The van der Waals surface area contributed by atoms with E-state index in [1.165, 1.54) is 6.20 Å². The number of ether oxygens (including phenoxy) is 1. The highest BCUT2D eigenvalue weighted by atomic mass is 32.2. The molecule has 0 aliphatic rings. The Balaban J connectivity index is 1.76. The van der Waals surface area contributed by atoms with Crippen LogP contribution in [-0.4, -0.2) is 20.5 Å². The first kappa shape index (κ1) is 19.7. The van der Waals surface area contributed by atoms with E-state index in [0.717, 1.165) is 28.1 Å². The fraction of sp³-hybridized carbons (Fsp3) is 0.190. The monoisotopic (exact) mass is 397 g/mol. The van der Waals surface area contributed by atoms with Crippen molar-refractivity contribution in [3.63, 3.8) is 0 Å². The van der Waals surface area contributed by atoms with Crippen molar-refractivity contribution in [3.05, 3.63) is 71.4 Å². The molecular weight excluding hydrogens is 374 g/mol. The van der Waals surface area contributed by atoms with E-state index in [-0.39, 0.29) is 0 Å². The largest absolute Gasteiger partial charge is 0.497 e. The van der Waals surface area contributed by atoms with Gasteiger partial charge < -0.3 is 10.1 Å². The molecule has 7 heteroatoms. The van der Waals surface area contributed by atoms with Crippen molar-refractivity contribution in [2.45, 2.75) is 25.7 Å². The number of sulfonamides is 1. The molecule has 6 nitrogen and oxygen atoms in total. The smallest absolute Gasteiger partial charge is 0.262 e. The highest BCUT2D eigenvalue weighted by Crippen LogP contribution is 2.25. The van der Waals surface area contributed by atoms with Crippen molar-refractivity contribution in [1.29, 1.82) is 0 Å². The fourth-order valence-electron chi connectivity index (χ4n) is 3.15. The van der Waals surface area contributed by atoms with Gasteiger partial charge in [-0.1, -0.05) is 17.7 Å². The summed E-state index contributed by atoms with van der Waals surface area (Å²) in [5, 5.41) is 3.16. The van der Waals surface area contributed by atoms with Gasteiger partial charge in [-0.3, -0.25) is 4.72 Å². The molecule has 0 aliphatic heterocycles. The second-order valence-electron chi connectivity index (χ2n) is 6.62. The van der Waals surface area contributed by atoms with Crippen molar-refractivity contribution < 1.29 is 13.2 Å². The van der Waals surface area contributed by atoms with Gasteiger partial charge in [0.05, 0.1) is 23.9 Å². The first-order valence-electron chi connectivity index (χ1n) is 8.76. The molecule has 0 spiro atoms. The Morgan fingerprint density at radius 2 is 1.50 bits per heavy atom. The molecule has 0 fully saturated rings. The number of anilines is 3. The van der Waals surface area contributed by atoms with Gasteiger partial charge in [-0.05, 0) is 68.3 Å². The number of nitrogens with one attached hydrogen (secondary N) is 2. The molecule has 0 aliphatic carbocycles. The molecule has 2 aromatic carbocycles. The van der Waals surface area contributed by atoms with Gasteiger partial charge in [0.15, 0.2) is 0 Å². The number of hydrogen-bond acceptors (Lipinski definition) is 5. The second-order valence-corrected chi connectivity index (χ2v) is 8.24. The van der Waals surface area contributed by atoms with E-state index in [1.807, 2.05) is 43.3 Å². The van der Waals surface area contributed by atoms with Crippen molar-refractivity contribution in [3.8, 4) is 5.75 Å². The molecule has 28 heavy (non-hydrogen) atoms. The lowest BCUT2D eigenvalue weighted by molar-refractivity contribution is 0.415. The average molecular weight is 398 g/mol. The van der Waals surface area contributed by atoms with Crippen LogP contribution < -0.4 is 14.8 Å². The predicted molar refractivity (Wildman–Crippen MR) is 112 cm³/mol. The summed E-state index contributed by atoms with van der Waals surface area (Å²) in [7, 11) is -2.08. The van der Waals surface area contributed by atoms with Gasteiger partial charge >= 0.3 is 0 Å². The fourth-order valence-corrected chi connectivity index (χ4v) is 4.65. The third-order valence-corrected chi connectivity index (χ3v) is 5.94. The van der Waals surface area contributed by atoms with Crippen LogP contribution in [0.4, 0.5) is 17.2 Å². The summed E-state index contributed by atoms with van der Waals surface area (Å²) in [5.74, 6) is 1.38. The number of pyridine rings is 1. The second kappa shape index (κ2) is 7.90. The molecule has 2 N–H and O–H groups in total. The number of methoxy groups -OCH3 is 1. The number of aromatic nitrogens is 1. The Morgan fingerprint density at radius 3 is 2.04 bits per heavy atom. The summed E-state index contributed by atoms with van der Waals surface area (Å²) in [6.07, 6.45) is 1.49. The predicted octanol–water partition coefficient (Wildman–Crippen LogP) is 4.56. The van der Waals surface area contributed by atoms with Gasteiger partial charge in [0.25, 0.3) is 10.0 Å². The zero-order valence-corrected chi connectivity index (χ0v) is 17.1. The number of nitrogens with zero attached hydrogens (tertiary/aromatic N) is 1. The zero-order valence-electron chi connectivity index (χ0n) is 16.3. The topological polar surface area (TPSA) is 80.3 Å². The van der Waals surface area contributed by atoms with E-state index in [4.69, 9.17) is 4.74 Å². The van der Waals surface area contributed by atoms with Crippen molar-refractivity contribution in [1.82, 2.24) is 4.98 Å². The number of hydrogen-bond donors (Lipinski definition) is 2. The normalized spacial score (nSPS) is 11.1. The maximum atomic E-state index is 12.8. The van der Waals surface area contributed by atoms with Gasteiger partial charge in [0.2, 0.25) is 0 Å². The molecule has 146 valence electrons. The van der Waals surface area contributed by atoms with E-state index in [1.54, 1.807) is 33.1 Å². The minimum Gasteiger partial charge on any atom is -0.497 e. The summed E-state index contributed by atoms with van der Waals surface area (Å²) < 4.78 is 33.4. The van der Waals surface area contributed by atoms with Gasteiger partial charge in [0, 0.05) is 5.69 Å². The van der Waals surface area contributed by atoms with E-state index < -0.39 is 10.0 Å². The van der Waals surface area contributed by atoms with Crippen LogP contribution in [0.2, 0.25) is 0 Å². The standard InChI is InChI=1S/C21H23N3O3S/c1-14-11-15(2)21(16(3)12-14)28(25,26)24-18-7-10-20(22-13-18)23-17-5-8-19(27-4)9-6-17/h5-13,24H,1-4H3,(H,22,23). The van der Waals surface area contributed by atoms with Gasteiger partial charge in [0.1, 0.15) is 11.6 Å². The Labute approximate surface area is 165 Å². The molecule has 0 bridgehead atoms. The lowest BCUT2D eigenvalue weighted by atomic mass is 10.1. The van der Waals surface area contributed by atoms with Gasteiger partial charge in [-0.25, -0.2) is 13.4 Å². The van der Waals surface area contributed by atoms with Crippen molar-refractivity contribution in [2.75, 3.05) is 17.1 Å². The Kier molecular flexibility index (Phi) is 5.56. The molecule has 0 unspecified atom stereocenters. The molecule has 0 atom stereocenters.